The van der Waals surface area contributed by atoms with Crippen LogP contribution in [0, 0.1) is 27.7 Å². The maximum absolute atomic E-state index is 13.6. The first-order valence-corrected chi connectivity index (χ1v) is 5.84. The number of nitrogens with one attached hydrogen (secondary N) is 1. The van der Waals surface area contributed by atoms with Crippen molar-refractivity contribution < 1.29 is 18.5 Å². The van der Waals surface area contributed by atoms with Crippen molar-refractivity contribution in [3.05, 3.63) is 39.4 Å². The summed E-state index contributed by atoms with van der Waals surface area (Å²) in [5.74, 6) is -2.72. The first-order chi connectivity index (χ1) is 8.90. The van der Waals surface area contributed by atoms with Crippen LogP contribution in [0.5, 0.6) is 0 Å². The van der Waals surface area contributed by atoms with Gasteiger partial charge in [0.25, 0.3) is 5.91 Å². The first kappa shape index (κ1) is 13.4. The predicted octanol–water partition coefficient (Wildman–Crippen LogP) is 2.40. The molecular weight excluding hydrogens is 258 g/mol. The lowest BCUT2D eigenvalue weighted by molar-refractivity contribution is -0.387. The average molecular weight is 270 g/mol. The third-order valence-electron chi connectivity index (χ3n) is 3.17. The molecule has 1 unspecified atom stereocenters. The lowest BCUT2D eigenvalue weighted by Gasteiger charge is -2.13. The van der Waals surface area contributed by atoms with Gasteiger partial charge in [-0.2, -0.15) is 4.39 Å². The first-order valence-electron chi connectivity index (χ1n) is 5.84. The molecule has 0 bridgehead atoms. The topological polar surface area (TPSA) is 72.2 Å². The Labute approximate surface area is 107 Å². The number of halogens is 2. The van der Waals surface area contributed by atoms with Crippen molar-refractivity contribution in [2.45, 2.75) is 25.8 Å². The molecule has 19 heavy (non-hydrogen) atoms. The molecule has 1 aliphatic carbocycles. The zero-order valence-corrected chi connectivity index (χ0v) is 10.2. The lowest BCUT2D eigenvalue weighted by Crippen LogP contribution is -2.34. The molecule has 0 aliphatic heterocycles. The van der Waals surface area contributed by atoms with Gasteiger partial charge >= 0.3 is 5.69 Å². The highest BCUT2D eigenvalue weighted by atomic mass is 19.1. The molecule has 1 aliphatic rings. The number of nitro groups is 1. The summed E-state index contributed by atoms with van der Waals surface area (Å²) < 4.78 is 26.9. The molecule has 1 N–H and O–H groups in total. The van der Waals surface area contributed by atoms with Crippen LogP contribution in [-0.2, 0) is 0 Å². The highest BCUT2D eigenvalue weighted by molar-refractivity contribution is 5.95. The molecule has 1 amide bonds. The van der Waals surface area contributed by atoms with Crippen molar-refractivity contribution in [3.8, 4) is 0 Å². The quantitative estimate of drug-likeness (QED) is 0.674. The van der Waals surface area contributed by atoms with Crippen molar-refractivity contribution in [2.75, 3.05) is 0 Å². The maximum Gasteiger partial charge on any atom is 0.307 e. The molecule has 0 aromatic heterocycles. The Balaban J connectivity index is 2.21. The summed E-state index contributed by atoms with van der Waals surface area (Å²) in [5, 5.41) is 13.0. The number of amides is 1. The van der Waals surface area contributed by atoms with Crippen LogP contribution in [0.15, 0.2) is 12.1 Å². The minimum Gasteiger partial charge on any atom is -0.349 e. The predicted molar refractivity (Wildman–Crippen MR) is 62.7 cm³/mol. The van der Waals surface area contributed by atoms with E-state index in [1.165, 1.54) is 0 Å². The third-order valence-corrected chi connectivity index (χ3v) is 3.17. The summed E-state index contributed by atoms with van der Waals surface area (Å²) in [4.78, 5) is 21.1. The summed E-state index contributed by atoms with van der Waals surface area (Å²) in [7, 11) is 0. The van der Waals surface area contributed by atoms with Gasteiger partial charge in [-0.05, 0) is 31.7 Å². The van der Waals surface area contributed by atoms with E-state index in [1.807, 2.05) is 0 Å². The molecule has 0 heterocycles. The standard InChI is InChI=1S/C12H12F2N2O3/c1-6(7-2-3-7)15-12(17)8-4-10(14)11(16(18)19)5-9(8)13/h4-7H,2-3H2,1H3,(H,15,17). The minimum absolute atomic E-state index is 0.120. The molecule has 7 heteroatoms. The van der Waals surface area contributed by atoms with Crippen LogP contribution in [-0.4, -0.2) is 16.9 Å². The van der Waals surface area contributed by atoms with Crippen molar-refractivity contribution in [2.24, 2.45) is 5.92 Å². The minimum atomic E-state index is -1.23. The van der Waals surface area contributed by atoms with E-state index in [0.29, 0.717) is 18.1 Å². The molecule has 0 spiro atoms. The van der Waals surface area contributed by atoms with Gasteiger partial charge in [0.2, 0.25) is 5.82 Å². The van der Waals surface area contributed by atoms with Crippen molar-refractivity contribution in [1.82, 2.24) is 5.32 Å². The Morgan fingerprint density at radius 3 is 2.58 bits per heavy atom. The molecular formula is C12H12F2N2O3. The van der Waals surface area contributed by atoms with E-state index in [9.17, 15) is 23.7 Å². The maximum atomic E-state index is 13.6. The number of hydrogen-bond acceptors (Lipinski definition) is 3. The molecule has 0 radical (unpaired) electrons. The monoisotopic (exact) mass is 270 g/mol. The Bertz CT molecular complexity index is 544. The highest BCUT2D eigenvalue weighted by Gasteiger charge is 2.30. The smallest absolute Gasteiger partial charge is 0.307 e. The van der Waals surface area contributed by atoms with E-state index in [1.54, 1.807) is 6.92 Å². The number of hydrogen-bond donors (Lipinski definition) is 1. The fourth-order valence-electron chi connectivity index (χ4n) is 1.85. The summed E-state index contributed by atoms with van der Waals surface area (Å²) in [6, 6.07) is 0.860. The number of carbonyl (C=O) groups is 1. The normalized spacial score (nSPS) is 15.9. The molecule has 1 fully saturated rings. The molecule has 1 aromatic rings. The second-order valence-electron chi connectivity index (χ2n) is 4.64. The van der Waals surface area contributed by atoms with Gasteiger partial charge in [0.15, 0.2) is 0 Å². The number of nitro benzene ring substituents is 1. The van der Waals surface area contributed by atoms with E-state index in [2.05, 4.69) is 5.32 Å². The summed E-state index contributed by atoms with van der Waals surface area (Å²) in [6.45, 7) is 1.79. The number of carbonyl (C=O) groups excluding carboxylic acids is 1. The molecule has 0 saturated heterocycles. The fraction of sp³-hybridized carbons (Fsp3) is 0.417. The average Bonchev–Trinajstić information content (AvgIpc) is 3.14. The van der Waals surface area contributed by atoms with Crippen LogP contribution in [0.25, 0.3) is 0 Å². The van der Waals surface area contributed by atoms with Gasteiger partial charge in [0, 0.05) is 6.04 Å². The van der Waals surface area contributed by atoms with Crippen molar-refractivity contribution >= 4 is 11.6 Å². The summed E-state index contributed by atoms with van der Waals surface area (Å²) in [5.41, 5.74) is -1.50. The van der Waals surface area contributed by atoms with Gasteiger partial charge in [-0.15, -0.1) is 0 Å². The van der Waals surface area contributed by atoms with Crippen LogP contribution in [0.3, 0.4) is 0 Å². The van der Waals surface area contributed by atoms with Gasteiger partial charge in [0.05, 0.1) is 16.6 Å². The largest absolute Gasteiger partial charge is 0.349 e. The molecule has 1 aromatic carbocycles. The van der Waals surface area contributed by atoms with Gasteiger partial charge in [-0.1, -0.05) is 0 Å². The zero-order valence-electron chi connectivity index (χ0n) is 10.2. The summed E-state index contributed by atoms with van der Waals surface area (Å²) in [6.07, 6.45) is 2.00. The van der Waals surface area contributed by atoms with Crippen LogP contribution >= 0.6 is 0 Å². The van der Waals surface area contributed by atoms with E-state index in [4.69, 9.17) is 0 Å². The Morgan fingerprint density at radius 2 is 2.05 bits per heavy atom. The van der Waals surface area contributed by atoms with Crippen LogP contribution in [0.1, 0.15) is 30.1 Å². The Hall–Kier alpha value is -2.05. The fourth-order valence-corrected chi connectivity index (χ4v) is 1.85. The van der Waals surface area contributed by atoms with Gasteiger partial charge in [-0.3, -0.25) is 14.9 Å². The van der Waals surface area contributed by atoms with Gasteiger partial charge in [-0.25, -0.2) is 4.39 Å². The molecule has 5 nitrogen and oxygen atoms in total. The lowest BCUT2D eigenvalue weighted by atomic mass is 10.1. The van der Waals surface area contributed by atoms with E-state index in [-0.39, 0.29) is 6.04 Å². The zero-order chi connectivity index (χ0) is 14.2. The second kappa shape index (κ2) is 4.91. The van der Waals surface area contributed by atoms with E-state index >= 15 is 0 Å². The second-order valence-corrected chi connectivity index (χ2v) is 4.64. The van der Waals surface area contributed by atoms with Crippen LogP contribution in [0.4, 0.5) is 14.5 Å². The van der Waals surface area contributed by atoms with Crippen molar-refractivity contribution in [1.29, 1.82) is 0 Å². The van der Waals surface area contributed by atoms with Crippen LogP contribution < -0.4 is 5.32 Å². The van der Waals surface area contributed by atoms with Gasteiger partial charge < -0.3 is 5.32 Å². The Kier molecular flexibility index (Phi) is 3.46. The summed E-state index contributed by atoms with van der Waals surface area (Å²) >= 11 is 0. The van der Waals surface area contributed by atoms with Gasteiger partial charge in [0.1, 0.15) is 5.82 Å². The number of nitrogens with zero attached hydrogens (tertiary/aromatic N) is 1. The molecule has 102 valence electrons. The molecule has 1 atom stereocenters. The highest BCUT2D eigenvalue weighted by Crippen LogP contribution is 2.32. The number of benzene rings is 1. The van der Waals surface area contributed by atoms with Crippen molar-refractivity contribution in [3.63, 3.8) is 0 Å². The SMILES string of the molecule is CC(NC(=O)c1cc(F)c([N+](=O)[O-])cc1F)C1CC1. The number of rotatable bonds is 4. The Morgan fingerprint density at radius 1 is 1.42 bits per heavy atom. The third kappa shape index (κ3) is 2.86. The molecule has 1 saturated carbocycles. The van der Waals surface area contributed by atoms with E-state index in [0.717, 1.165) is 12.8 Å². The van der Waals surface area contributed by atoms with E-state index < -0.39 is 33.7 Å². The molecule has 2 rings (SSSR count). The van der Waals surface area contributed by atoms with Crippen LogP contribution in [0.2, 0.25) is 0 Å².